The van der Waals surface area contributed by atoms with Crippen molar-refractivity contribution in [3.8, 4) is 5.75 Å². The molecule has 0 radical (unpaired) electrons. The summed E-state index contributed by atoms with van der Waals surface area (Å²) in [5.74, 6) is -0.165. The highest BCUT2D eigenvalue weighted by Crippen LogP contribution is 2.38. The van der Waals surface area contributed by atoms with Gasteiger partial charge in [-0.2, -0.15) is 0 Å². The molecule has 1 N–H and O–H groups in total. The Balaban J connectivity index is 1.32. The highest BCUT2D eigenvalue weighted by Gasteiger charge is 2.40. The number of ether oxygens (including phenoxy) is 1. The number of nitrogens with zero attached hydrogens (tertiary/aromatic N) is 2. The molecule has 0 spiro atoms. The van der Waals surface area contributed by atoms with Crippen molar-refractivity contribution in [2.45, 2.75) is 44.9 Å². The lowest BCUT2D eigenvalue weighted by atomic mass is 9.74. The molecule has 0 unspecified atom stereocenters. The van der Waals surface area contributed by atoms with Gasteiger partial charge in [-0.05, 0) is 106 Å². The average molecular weight is 499 g/mol. The fourth-order valence-electron chi connectivity index (χ4n) is 5.12. The number of fused-ring (bicyclic) bond motifs is 1. The molecule has 0 saturated carbocycles. The van der Waals surface area contributed by atoms with E-state index in [4.69, 9.17) is 16.3 Å². The first-order valence-electron chi connectivity index (χ1n) is 12.2. The Bertz CT molecular complexity index is 1160. The van der Waals surface area contributed by atoms with E-state index in [1.54, 1.807) is 13.3 Å². The van der Waals surface area contributed by atoms with Crippen LogP contribution in [0.4, 0.5) is 4.39 Å². The number of rotatable bonds is 10. The minimum atomic E-state index is -0.698. The van der Waals surface area contributed by atoms with Crippen molar-refractivity contribution in [1.29, 1.82) is 0 Å². The van der Waals surface area contributed by atoms with Crippen LogP contribution in [0.25, 0.3) is 10.9 Å². The smallest absolute Gasteiger partial charge is 0.309 e. The normalized spacial score (nSPS) is 15.9. The molecule has 1 aliphatic rings. The van der Waals surface area contributed by atoms with E-state index in [2.05, 4.69) is 9.88 Å². The fourth-order valence-corrected chi connectivity index (χ4v) is 5.37. The van der Waals surface area contributed by atoms with Gasteiger partial charge in [0.25, 0.3) is 0 Å². The molecule has 2 aromatic carbocycles. The summed E-state index contributed by atoms with van der Waals surface area (Å²) in [5.41, 5.74) is 2.28. The van der Waals surface area contributed by atoms with Gasteiger partial charge >= 0.3 is 5.97 Å². The zero-order chi connectivity index (χ0) is 24.8. The van der Waals surface area contributed by atoms with E-state index in [1.165, 1.54) is 12.1 Å². The van der Waals surface area contributed by atoms with Gasteiger partial charge in [-0.1, -0.05) is 23.7 Å². The number of halogens is 2. The number of methoxy groups -OCH3 is 1. The van der Waals surface area contributed by atoms with Crippen molar-refractivity contribution in [3.05, 3.63) is 70.6 Å². The number of aliphatic carboxylic acids is 1. The molecular weight excluding hydrogens is 467 g/mol. The van der Waals surface area contributed by atoms with Gasteiger partial charge in [0.15, 0.2) is 0 Å². The van der Waals surface area contributed by atoms with Crippen LogP contribution >= 0.6 is 11.6 Å². The second-order valence-corrected chi connectivity index (χ2v) is 9.89. The van der Waals surface area contributed by atoms with E-state index in [0.717, 1.165) is 66.7 Å². The molecular formula is C28H32ClFN2O3. The molecule has 0 amide bonds. The van der Waals surface area contributed by atoms with E-state index >= 15 is 0 Å². The van der Waals surface area contributed by atoms with E-state index in [-0.39, 0.29) is 5.82 Å². The third-order valence-corrected chi connectivity index (χ3v) is 7.66. The summed E-state index contributed by atoms with van der Waals surface area (Å²) >= 11 is 6.49. The van der Waals surface area contributed by atoms with Crippen LogP contribution in [0.1, 0.15) is 43.2 Å². The lowest BCUT2D eigenvalue weighted by Crippen LogP contribution is -2.44. The molecule has 0 bridgehead atoms. The van der Waals surface area contributed by atoms with Crippen LogP contribution in [0.3, 0.4) is 0 Å². The lowest BCUT2D eigenvalue weighted by Gasteiger charge is -2.39. The standard InChI is InChI=1S/C28H32ClFN2O3/c1-35-22-10-11-26-24(18-22)23(25(29)19-31-26)5-2-12-28(27(33)34)13-16-32(17-14-28)15-3-4-20-6-8-21(30)9-7-20/h6-11,18-19H,2-5,12-17H2,1H3,(H,33,34). The Labute approximate surface area is 210 Å². The largest absolute Gasteiger partial charge is 0.497 e. The number of pyridine rings is 1. The van der Waals surface area contributed by atoms with E-state index in [1.807, 2.05) is 30.3 Å². The zero-order valence-electron chi connectivity index (χ0n) is 20.1. The first-order chi connectivity index (χ1) is 16.9. The zero-order valence-corrected chi connectivity index (χ0v) is 20.9. The summed E-state index contributed by atoms with van der Waals surface area (Å²) in [7, 11) is 1.63. The maximum atomic E-state index is 13.1. The summed E-state index contributed by atoms with van der Waals surface area (Å²) < 4.78 is 18.4. The van der Waals surface area contributed by atoms with Gasteiger partial charge in [0.05, 0.1) is 23.1 Å². The maximum absolute atomic E-state index is 13.1. The molecule has 1 aromatic heterocycles. The summed E-state index contributed by atoms with van der Waals surface area (Å²) in [4.78, 5) is 19.1. The molecule has 0 atom stereocenters. The second kappa shape index (κ2) is 11.4. The number of likely N-dealkylation sites (tertiary alicyclic amines) is 1. The number of piperidine rings is 1. The molecule has 186 valence electrons. The highest BCUT2D eigenvalue weighted by molar-refractivity contribution is 6.32. The highest BCUT2D eigenvalue weighted by atomic mass is 35.5. The number of hydrogen-bond acceptors (Lipinski definition) is 4. The Hall–Kier alpha value is -2.70. The van der Waals surface area contributed by atoms with Crippen molar-refractivity contribution in [2.75, 3.05) is 26.7 Å². The summed E-state index contributed by atoms with van der Waals surface area (Å²) in [5, 5.41) is 11.7. The molecule has 3 aromatic rings. The van der Waals surface area contributed by atoms with E-state index < -0.39 is 11.4 Å². The fraction of sp³-hybridized carbons (Fsp3) is 0.429. The van der Waals surface area contributed by atoms with Crippen LogP contribution in [0.15, 0.2) is 48.7 Å². The number of carboxylic acids is 1. The van der Waals surface area contributed by atoms with Crippen molar-refractivity contribution in [3.63, 3.8) is 0 Å². The predicted molar refractivity (Wildman–Crippen MR) is 137 cm³/mol. The van der Waals surface area contributed by atoms with Crippen molar-refractivity contribution in [2.24, 2.45) is 5.41 Å². The first kappa shape index (κ1) is 25.4. The predicted octanol–water partition coefficient (Wildman–Crippen LogP) is 6.16. The Morgan fingerprint density at radius 3 is 2.57 bits per heavy atom. The van der Waals surface area contributed by atoms with Crippen LogP contribution in [-0.2, 0) is 17.6 Å². The molecule has 1 saturated heterocycles. The molecule has 35 heavy (non-hydrogen) atoms. The van der Waals surface area contributed by atoms with Gasteiger partial charge < -0.3 is 14.7 Å². The first-order valence-corrected chi connectivity index (χ1v) is 12.6. The Morgan fingerprint density at radius 1 is 1.14 bits per heavy atom. The van der Waals surface area contributed by atoms with Gasteiger partial charge in [0.2, 0.25) is 0 Å². The SMILES string of the molecule is COc1ccc2ncc(Cl)c(CCCC3(C(=O)O)CCN(CCCc4ccc(F)cc4)CC3)c2c1. The van der Waals surface area contributed by atoms with Crippen LogP contribution in [0.2, 0.25) is 5.02 Å². The van der Waals surface area contributed by atoms with Gasteiger partial charge in [-0.3, -0.25) is 9.78 Å². The van der Waals surface area contributed by atoms with Crippen LogP contribution in [-0.4, -0.2) is 47.7 Å². The minimum absolute atomic E-state index is 0.214. The van der Waals surface area contributed by atoms with Gasteiger partial charge in [0, 0.05) is 11.6 Å². The second-order valence-electron chi connectivity index (χ2n) is 9.48. The van der Waals surface area contributed by atoms with Gasteiger partial charge in [-0.15, -0.1) is 0 Å². The molecule has 5 nitrogen and oxygen atoms in total. The van der Waals surface area contributed by atoms with Crippen molar-refractivity contribution in [1.82, 2.24) is 9.88 Å². The number of benzene rings is 2. The number of carboxylic acid groups (broad SMARTS) is 1. The summed E-state index contributed by atoms with van der Waals surface area (Å²) in [6.07, 6.45) is 6.90. The van der Waals surface area contributed by atoms with Crippen LogP contribution < -0.4 is 4.74 Å². The van der Waals surface area contributed by atoms with E-state index in [0.29, 0.717) is 30.7 Å². The third kappa shape index (κ3) is 6.11. The molecule has 4 rings (SSSR count). The summed E-state index contributed by atoms with van der Waals surface area (Å²) in [6.45, 7) is 2.49. The van der Waals surface area contributed by atoms with Gasteiger partial charge in [-0.25, -0.2) is 4.39 Å². The van der Waals surface area contributed by atoms with Gasteiger partial charge in [0.1, 0.15) is 11.6 Å². The minimum Gasteiger partial charge on any atom is -0.497 e. The van der Waals surface area contributed by atoms with Crippen molar-refractivity contribution < 1.29 is 19.0 Å². The molecule has 7 heteroatoms. The number of carbonyl (C=O) groups is 1. The van der Waals surface area contributed by atoms with Crippen LogP contribution in [0, 0.1) is 11.2 Å². The van der Waals surface area contributed by atoms with Crippen LogP contribution in [0.5, 0.6) is 5.75 Å². The Kier molecular flexibility index (Phi) is 8.24. The topological polar surface area (TPSA) is 62.7 Å². The Morgan fingerprint density at radius 2 is 1.89 bits per heavy atom. The molecule has 2 heterocycles. The third-order valence-electron chi connectivity index (χ3n) is 7.34. The number of hydrogen-bond donors (Lipinski definition) is 1. The van der Waals surface area contributed by atoms with Crippen molar-refractivity contribution >= 4 is 28.5 Å². The number of aromatic nitrogens is 1. The quantitative estimate of drug-likeness (QED) is 0.363. The molecule has 0 aliphatic carbocycles. The summed E-state index contributed by atoms with van der Waals surface area (Å²) in [6, 6.07) is 12.4. The molecule has 1 fully saturated rings. The van der Waals surface area contributed by atoms with E-state index in [9.17, 15) is 14.3 Å². The number of aryl methyl sites for hydroxylation is 2. The monoisotopic (exact) mass is 498 g/mol. The molecule has 1 aliphatic heterocycles. The lowest BCUT2D eigenvalue weighted by molar-refractivity contribution is -0.152. The maximum Gasteiger partial charge on any atom is 0.309 e. The average Bonchev–Trinajstić information content (AvgIpc) is 2.87.